The highest BCUT2D eigenvalue weighted by Crippen LogP contribution is 2.35. The maximum Gasteiger partial charge on any atom is 0.129 e. The van der Waals surface area contributed by atoms with Crippen molar-refractivity contribution < 1.29 is 4.74 Å². The van der Waals surface area contributed by atoms with E-state index in [1.165, 1.54) is 5.56 Å². The van der Waals surface area contributed by atoms with E-state index in [4.69, 9.17) is 16.3 Å². The molecule has 1 fully saturated rings. The molecule has 2 heterocycles. The van der Waals surface area contributed by atoms with E-state index in [-0.39, 0.29) is 5.41 Å². The molecule has 3 rings (SSSR count). The summed E-state index contributed by atoms with van der Waals surface area (Å²) in [6.45, 7) is 4.37. The fraction of sp³-hybridized carbons (Fsp3) is 0.412. The van der Waals surface area contributed by atoms with E-state index in [1.807, 2.05) is 25.1 Å². The van der Waals surface area contributed by atoms with Gasteiger partial charge in [0.2, 0.25) is 0 Å². The van der Waals surface area contributed by atoms with Crippen molar-refractivity contribution in [1.82, 2.24) is 9.97 Å². The Morgan fingerprint density at radius 3 is 2.59 bits per heavy atom. The number of nitrogens with one attached hydrogen (secondary N) is 1. The van der Waals surface area contributed by atoms with Crippen molar-refractivity contribution >= 4 is 17.4 Å². The van der Waals surface area contributed by atoms with Crippen molar-refractivity contribution in [1.29, 1.82) is 0 Å². The van der Waals surface area contributed by atoms with Crippen LogP contribution in [0.3, 0.4) is 0 Å². The first-order valence-corrected chi connectivity index (χ1v) is 7.92. The molecule has 116 valence electrons. The lowest BCUT2D eigenvalue weighted by Gasteiger charge is -2.38. The molecule has 1 aliphatic heterocycles. The Morgan fingerprint density at radius 2 is 1.91 bits per heavy atom. The van der Waals surface area contributed by atoms with Crippen LogP contribution < -0.4 is 5.32 Å². The lowest BCUT2D eigenvalue weighted by Crippen LogP contribution is -2.40. The Bertz CT molecular complexity index is 624. The fourth-order valence-corrected chi connectivity index (χ4v) is 3.07. The van der Waals surface area contributed by atoms with Crippen molar-refractivity contribution in [2.24, 2.45) is 0 Å². The standard InChI is InChI=1S/C17H20ClN3O/c1-13-10-16(21-12-20-13)19-11-17(6-8-22-9-7-17)14-2-4-15(18)5-3-14/h2-5,10,12H,6-9,11H2,1H3,(H,19,20,21). The van der Waals surface area contributed by atoms with Crippen LogP contribution in [0.5, 0.6) is 0 Å². The molecule has 0 amide bonds. The van der Waals surface area contributed by atoms with E-state index >= 15 is 0 Å². The van der Waals surface area contributed by atoms with Crippen molar-refractivity contribution in [2.45, 2.75) is 25.2 Å². The predicted molar refractivity (Wildman–Crippen MR) is 88.4 cm³/mol. The molecule has 1 aromatic heterocycles. The first-order valence-electron chi connectivity index (χ1n) is 7.54. The van der Waals surface area contributed by atoms with Gasteiger partial charge < -0.3 is 10.1 Å². The van der Waals surface area contributed by atoms with Gasteiger partial charge in [0.15, 0.2) is 0 Å². The monoisotopic (exact) mass is 317 g/mol. The molecule has 0 aliphatic carbocycles. The molecular weight excluding hydrogens is 298 g/mol. The molecule has 5 heteroatoms. The van der Waals surface area contributed by atoms with Gasteiger partial charge in [-0.15, -0.1) is 0 Å². The fourth-order valence-electron chi connectivity index (χ4n) is 2.94. The van der Waals surface area contributed by atoms with Gasteiger partial charge in [0.05, 0.1) is 0 Å². The van der Waals surface area contributed by atoms with Crippen molar-refractivity contribution in [3.63, 3.8) is 0 Å². The minimum Gasteiger partial charge on any atom is -0.381 e. The summed E-state index contributed by atoms with van der Waals surface area (Å²) in [6.07, 6.45) is 3.58. The zero-order valence-electron chi connectivity index (χ0n) is 12.7. The molecule has 2 aromatic rings. The summed E-state index contributed by atoms with van der Waals surface area (Å²) >= 11 is 6.03. The number of anilines is 1. The number of aromatic nitrogens is 2. The lowest BCUT2D eigenvalue weighted by atomic mass is 9.74. The number of aryl methyl sites for hydroxylation is 1. The first-order chi connectivity index (χ1) is 10.7. The van der Waals surface area contributed by atoms with Crippen molar-refractivity contribution in [2.75, 3.05) is 25.1 Å². The minimum absolute atomic E-state index is 0.0572. The SMILES string of the molecule is Cc1cc(NCC2(c3ccc(Cl)cc3)CCOCC2)ncn1. The molecule has 1 aliphatic rings. The van der Waals surface area contributed by atoms with E-state index in [1.54, 1.807) is 6.33 Å². The maximum absolute atomic E-state index is 6.03. The van der Waals surface area contributed by atoms with Gasteiger partial charge in [-0.25, -0.2) is 9.97 Å². The van der Waals surface area contributed by atoms with E-state index in [0.717, 1.165) is 49.1 Å². The zero-order chi connectivity index (χ0) is 15.4. The quantitative estimate of drug-likeness (QED) is 0.936. The largest absolute Gasteiger partial charge is 0.381 e. The second kappa shape index (κ2) is 6.63. The van der Waals surface area contributed by atoms with Gasteiger partial charge in [-0.1, -0.05) is 23.7 Å². The van der Waals surface area contributed by atoms with Crippen molar-refractivity contribution in [3.8, 4) is 0 Å². The highest BCUT2D eigenvalue weighted by Gasteiger charge is 2.34. The second-order valence-corrected chi connectivity index (χ2v) is 6.23. The molecule has 4 nitrogen and oxygen atoms in total. The van der Waals surface area contributed by atoms with E-state index in [0.29, 0.717) is 0 Å². The normalized spacial score (nSPS) is 17.2. The van der Waals surface area contributed by atoms with Crippen LogP contribution in [0.15, 0.2) is 36.7 Å². The first kappa shape index (κ1) is 15.3. The second-order valence-electron chi connectivity index (χ2n) is 5.80. The molecule has 0 unspecified atom stereocenters. The smallest absolute Gasteiger partial charge is 0.129 e. The topological polar surface area (TPSA) is 47.0 Å². The van der Waals surface area contributed by atoms with Gasteiger partial charge in [-0.2, -0.15) is 0 Å². The number of benzene rings is 1. The number of hydrogen-bond donors (Lipinski definition) is 1. The maximum atomic E-state index is 6.03. The molecule has 1 N–H and O–H groups in total. The highest BCUT2D eigenvalue weighted by molar-refractivity contribution is 6.30. The third-order valence-electron chi connectivity index (χ3n) is 4.32. The van der Waals surface area contributed by atoms with Gasteiger partial charge in [0.1, 0.15) is 12.1 Å². The van der Waals surface area contributed by atoms with Crippen LogP contribution in [-0.4, -0.2) is 29.7 Å². The summed E-state index contributed by atoms with van der Waals surface area (Å²) < 4.78 is 5.56. The highest BCUT2D eigenvalue weighted by atomic mass is 35.5. The van der Waals surface area contributed by atoms with Crippen LogP contribution in [0.1, 0.15) is 24.1 Å². The molecule has 0 atom stereocenters. The van der Waals surface area contributed by atoms with Crippen LogP contribution in [0, 0.1) is 6.92 Å². The Kier molecular flexibility index (Phi) is 4.60. The Hall–Kier alpha value is -1.65. The Labute approximate surface area is 135 Å². The molecule has 0 radical (unpaired) electrons. The number of ether oxygens (including phenoxy) is 1. The number of halogens is 1. The van der Waals surface area contributed by atoms with Gasteiger partial charge in [-0.3, -0.25) is 0 Å². The molecule has 1 saturated heterocycles. The van der Waals surface area contributed by atoms with Crippen LogP contribution in [0.25, 0.3) is 0 Å². The predicted octanol–water partition coefficient (Wildman–Crippen LogP) is 3.60. The number of nitrogens with zero attached hydrogens (tertiary/aromatic N) is 2. The van der Waals surface area contributed by atoms with E-state index in [2.05, 4.69) is 27.4 Å². The van der Waals surface area contributed by atoms with Crippen LogP contribution in [0.4, 0.5) is 5.82 Å². The van der Waals surface area contributed by atoms with Crippen molar-refractivity contribution in [3.05, 3.63) is 52.9 Å². The van der Waals surface area contributed by atoms with Gasteiger partial charge in [0, 0.05) is 42.0 Å². The third kappa shape index (κ3) is 3.39. The number of rotatable bonds is 4. The number of hydrogen-bond acceptors (Lipinski definition) is 4. The van der Waals surface area contributed by atoms with Crippen LogP contribution in [0.2, 0.25) is 5.02 Å². The zero-order valence-corrected chi connectivity index (χ0v) is 13.4. The molecule has 1 aromatic carbocycles. The van der Waals surface area contributed by atoms with Gasteiger partial charge >= 0.3 is 0 Å². The summed E-state index contributed by atoms with van der Waals surface area (Å²) in [7, 11) is 0. The summed E-state index contributed by atoms with van der Waals surface area (Å²) in [4.78, 5) is 8.42. The summed E-state index contributed by atoms with van der Waals surface area (Å²) in [5.41, 5.74) is 2.32. The third-order valence-corrected chi connectivity index (χ3v) is 4.57. The molecule has 22 heavy (non-hydrogen) atoms. The van der Waals surface area contributed by atoms with Gasteiger partial charge in [-0.05, 0) is 37.5 Å². The Balaban J connectivity index is 1.81. The lowest BCUT2D eigenvalue weighted by molar-refractivity contribution is 0.0543. The molecule has 0 saturated carbocycles. The van der Waals surface area contributed by atoms with E-state index in [9.17, 15) is 0 Å². The molecule has 0 bridgehead atoms. The molecular formula is C17H20ClN3O. The summed E-state index contributed by atoms with van der Waals surface area (Å²) in [6, 6.07) is 10.1. The van der Waals surface area contributed by atoms with Gasteiger partial charge in [0.25, 0.3) is 0 Å². The van der Waals surface area contributed by atoms with E-state index < -0.39 is 0 Å². The average Bonchev–Trinajstić information content (AvgIpc) is 2.55. The average molecular weight is 318 g/mol. The minimum atomic E-state index is 0.0572. The molecule has 0 spiro atoms. The summed E-state index contributed by atoms with van der Waals surface area (Å²) in [5, 5.41) is 4.24. The summed E-state index contributed by atoms with van der Waals surface area (Å²) in [5.74, 6) is 0.868. The Morgan fingerprint density at radius 1 is 1.18 bits per heavy atom. The van der Waals surface area contributed by atoms with Crippen LogP contribution in [-0.2, 0) is 10.2 Å². The van der Waals surface area contributed by atoms with Crippen LogP contribution >= 0.6 is 11.6 Å².